The van der Waals surface area contributed by atoms with Gasteiger partial charge in [-0.25, -0.2) is 4.79 Å². The minimum absolute atomic E-state index is 0.0257. The van der Waals surface area contributed by atoms with Gasteiger partial charge < -0.3 is 4.90 Å². The number of fused-ring (bicyclic) bond motifs is 1. The van der Waals surface area contributed by atoms with E-state index in [0.29, 0.717) is 0 Å². The molecule has 4 heteroatoms. The molecule has 2 heterocycles. The predicted molar refractivity (Wildman–Crippen MR) is 49.6 cm³/mol. The Kier molecular flexibility index (Phi) is 1.60. The molecule has 0 N–H and O–H groups in total. The maximum absolute atomic E-state index is 11.9. The van der Waals surface area contributed by atoms with Gasteiger partial charge in [-0.3, -0.25) is 9.69 Å². The quantitative estimate of drug-likeness (QED) is 0.583. The van der Waals surface area contributed by atoms with Crippen molar-refractivity contribution >= 4 is 11.9 Å². The van der Waals surface area contributed by atoms with E-state index < -0.39 is 0 Å². The van der Waals surface area contributed by atoms with Crippen molar-refractivity contribution in [2.45, 2.75) is 44.2 Å². The van der Waals surface area contributed by atoms with Crippen LogP contribution < -0.4 is 0 Å². The highest BCUT2D eigenvalue weighted by Gasteiger charge is 2.50. The van der Waals surface area contributed by atoms with Gasteiger partial charge in [0.2, 0.25) is 0 Å². The lowest BCUT2D eigenvalue weighted by atomic mass is 10.0. The zero-order valence-electron chi connectivity index (χ0n) is 8.11. The Hall–Kier alpha value is -1.06. The van der Waals surface area contributed by atoms with Crippen LogP contribution in [0.2, 0.25) is 0 Å². The molecule has 0 aromatic heterocycles. The number of urea groups is 1. The second-order valence-electron chi connectivity index (χ2n) is 4.43. The number of carbonyl (C=O) groups is 2. The maximum atomic E-state index is 11.9. The van der Waals surface area contributed by atoms with E-state index in [9.17, 15) is 9.59 Å². The normalized spacial score (nSPS) is 32.4. The molecular formula is C10H14N2O2. The zero-order valence-corrected chi connectivity index (χ0v) is 8.11. The molecule has 0 aromatic rings. The van der Waals surface area contributed by atoms with Crippen LogP contribution in [0.4, 0.5) is 4.79 Å². The number of rotatable bonds is 1. The summed E-state index contributed by atoms with van der Waals surface area (Å²) >= 11 is 0. The molecule has 1 aliphatic carbocycles. The first kappa shape index (κ1) is 8.26. The van der Waals surface area contributed by atoms with Crippen molar-refractivity contribution in [2.24, 2.45) is 0 Å². The smallest absolute Gasteiger partial charge is 0.312 e. The lowest BCUT2D eigenvalue weighted by molar-refractivity contribution is -0.129. The van der Waals surface area contributed by atoms with Crippen molar-refractivity contribution in [2.75, 3.05) is 6.54 Å². The average Bonchev–Trinajstić information content (AvgIpc) is 2.99. The topological polar surface area (TPSA) is 40.6 Å². The zero-order chi connectivity index (χ0) is 9.71. The van der Waals surface area contributed by atoms with Gasteiger partial charge in [-0.05, 0) is 32.1 Å². The molecule has 1 unspecified atom stereocenters. The van der Waals surface area contributed by atoms with E-state index in [1.54, 1.807) is 4.90 Å². The molecule has 14 heavy (non-hydrogen) atoms. The van der Waals surface area contributed by atoms with Crippen LogP contribution in [0, 0.1) is 0 Å². The van der Waals surface area contributed by atoms with Crippen LogP contribution in [-0.4, -0.2) is 40.4 Å². The second-order valence-corrected chi connectivity index (χ2v) is 4.43. The molecule has 4 nitrogen and oxygen atoms in total. The van der Waals surface area contributed by atoms with Crippen LogP contribution in [0.3, 0.4) is 0 Å². The SMILES string of the molecule is O=C1C2CCCCN2C(=O)N1C1CC1. The van der Waals surface area contributed by atoms with Gasteiger partial charge in [0.25, 0.3) is 5.91 Å². The van der Waals surface area contributed by atoms with Gasteiger partial charge in [-0.1, -0.05) is 0 Å². The molecule has 0 spiro atoms. The third-order valence-electron chi connectivity index (χ3n) is 3.39. The highest BCUT2D eigenvalue weighted by atomic mass is 16.2. The van der Waals surface area contributed by atoms with E-state index in [1.807, 2.05) is 0 Å². The third kappa shape index (κ3) is 0.996. The summed E-state index contributed by atoms with van der Waals surface area (Å²) in [4.78, 5) is 27.0. The summed E-state index contributed by atoms with van der Waals surface area (Å²) in [5, 5.41) is 0. The fourth-order valence-electron chi connectivity index (χ4n) is 2.48. The Balaban J connectivity index is 1.88. The van der Waals surface area contributed by atoms with Crippen LogP contribution >= 0.6 is 0 Å². The molecule has 2 aliphatic heterocycles. The van der Waals surface area contributed by atoms with Crippen molar-refractivity contribution in [3.05, 3.63) is 0 Å². The summed E-state index contributed by atoms with van der Waals surface area (Å²) in [7, 11) is 0. The number of hydrogen-bond donors (Lipinski definition) is 0. The molecule has 1 atom stereocenters. The molecule has 3 rings (SSSR count). The van der Waals surface area contributed by atoms with Gasteiger partial charge in [0.1, 0.15) is 6.04 Å². The molecular weight excluding hydrogens is 180 g/mol. The van der Waals surface area contributed by atoms with E-state index in [0.717, 1.165) is 38.6 Å². The van der Waals surface area contributed by atoms with Crippen molar-refractivity contribution in [3.8, 4) is 0 Å². The Morgan fingerprint density at radius 2 is 1.86 bits per heavy atom. The first-order chi connectivity index (χ1) is 6.79. The Morgan fingerprint density at radius 3 is 2.50 bits per heavy atom. The predicted octanol–water partition coefficient (Wildman–Crippen LogP) is 0.966. The summed E-state index contributed by atoms with van der Waals surface area (Å²) in [5.74, 6) is 0.0669. The maximum Gasteiger partial charge on any atom is 0.327 e. The monoisotopic (exact) mass is 194 g/mol. The molecule has 3 aliphatic rings. The fourth-order valence-corrected chi connectivity index (χ4v) is 2.48. The molecule has 3 fully saturated rings. The summed E-state index contributed by atoms with van der Waals surface area (Å²) in [6.45, 7) is 0.776. The molecule has 2 saturated heterocycles. The molecule has 0 bridgehead atoms. The number of carbonyl (C=O) groups excluding carboxylic acids is 2. The van der Waals surface area contributed by atoms with E-state index in [2.05, 4.69) is 0 Å². The Labute approximate surface area is 82.8 Å². The van der Waals surface area contributed by atoms with Gasteiger partial charge in [0, 0.05) is 12.6 Å². The lowest BCUT2D eigenvalue weighted by Crippen LogP contribution is -2.39. The van der Waals surface area contributed by atoms with Crippen molar-refractivity contribution < 1.29 is 9.59 Å². The second kappa shape index (κ2) is 2.72. The highest BCUT2D eigenvalue weighted by Crippen LogP contribution is 2.35. The van der Waals surface area contributed by atoms with E-state index in [4.69, 9.17) is 0 Å². The third-order valence-corrected chi connectivity index (χ3v) is 3.39. The number of imide groups is 1. The minimum Gasteiger partial charge on any atom is -0.312 e. The number of hydrogen-bond acceptors (Lipinski definition) is 2. The Morgan fingerprint density at radius 1 is 1.07 bits per heavy atom. The van der Waals surface area contributed by atoms with Crippen LogP contribution in [0.5, 0.6) is 0 Å². The summed E-state index contributed by atoms with van der Waals surface area (Å²) in [5.41, 5.74) is 0. The number of amides is 3. The summed E-state index contributed by atoms with van der Waals surface area (Å²) in [6, 6.07) is 0.0969. The van der Waals surface area contributed by atoms with E-state index in [-0.39, 0.29) is 24.0 Å². The first-order valence-electron chi connectivity index (χ1n) is 5.43. The molecule has 0 aromatic carbocycles. The standard InChI is InChI=1S/C10H14N2O2/c13-9-8-3-1-2-6-11(8)10(14)12(9)7-4-5-7/h7-8H,1-6H2. The van der Waals surface area contributed by atoms with E-state index >= 15 is 0 Å². The van der Waals surface area contributed by atoms with Gasteiger partial charge in [-0.15, -0.1) is 0 Å². The van der Waals surface area contributed by atoms with Crippen molar-refractivity contribution in [3.63, 3.8) is 0 Å². The van der Waals surface area contributed by atoms with Gasteiger partial charge in [0.05, 0.1) is 0 Å². The minimum atomic E-state index is -0.114. The highest BCUT2D eigenvalue weighted by molar-refractivity contribution is 6.04. The van der Waals surface area contributed by atoms with Gasteiger partial charge in [0.15, 0.2) is 0 Å². The largest absolute Gasteiger partial charge is 0.327 e. The molecule has 0 radical (unpaired) electrons. The van der Waals surface area contributed by atoms with Crippen molar-refractivity contribution in [1.82, 2.24) is 9.80 Å². The van der Waals surface area contributed by atoms with Gasteiger partial charge >= 0.3 is 6.03 Å². The van der Waals surface area contributed by atoms with Crippen LogP contribution in [0.1, 0.15) is 32.1 Å². The van der Waals surface area contributed by atoms with Crippen molar-refractivity contribution in [1.29, 1.82) is 0 Å². The molecule has 3 amide bonds. The first-order valence-corrected chi connectivity index (χ1v) is 5.43. The molecule has 76 valence electrons. The lowest BCUT2D eigenvalue weighted by Gasteiger charge is -2.26. The summed E-state index contributed by atoms with van der Waals surface area (Å²) in [6.07, 6.45) is 5.02. The average molecular weight is 194 g/mol. The summed E-state index contributed by atoms with van der Waals surface area (Å²) < 4.78 is 0. The van der Waals surface area contributed by atoms with Crippen LogP contribution in [-0.2, 0) is 4.79 Å². The number of piperidine rings is 1. The fraction of sp³-hybridized carbons (Fsp3) is 0.800. The Bertz CT molecular complexity index is 274. The molecule has 1 saturated carbocycles. The number of nitrogens with zero attached hydrogens (tertiary/aromatic N) is 2. The van der Waals surface area contributed by atoms with Crippen LogP contribution in [0.15, 0.2) is 0 Å². The van der Waals surface area contributed by atoms with Crippen LogP contribution in [0.25, 0.3) is 0 Å². The van der Waals surface area contributed by atoms with Gasteiger partial charge in [-0.2, -0.15) is 0 Å². The van der Waals surface area contributed by atoms with E-state index in [1.165, 1.54) is 4.90 Å².